The zero-order valence-electron chi connectivity index (χ0n) is 63.8. The number of anilines is 6. The van der Waals surface area contributed by atoms with Gasteiger partial charge in [0.2, 0.25) is 0 Å². The van der Waals surface area contributed by atoms with Crippen LogP contribution in [0.1, 0.15) is 180 Å². The average Bonchev–Trinajstić information content (AvgIpc) is 1.52. The molecule has 4 fully saturated rings. The van der Waals surface area contributed by atoms with E-state index in [0.29, 0.717) is 0 Å². The smallest absolute Gasteiger partial charge is 0.399 e. The van der Waals surface area contributed by atoms with E-state index in [-0.39, 0.29) is 51.2 Å². The lowest BCUT2D eigenvalue weighted by Gasteiger charge is -2.50. The normalized spacial score (nSPS) is 25.2. The third-order valence-corrected chi connectivity index (χ3v) is 29.9. The van der Waals surface area contributed by atoms with Crippen LogP contribution >= 0.6 is 31.9 Å². The Kier molecular flexibility index (Phi) is 17.1. The van der Waals surface area contributed by atoms with Crippen molar-refractivity contribution in [3.05, 3.63) is 267 Å². The lowest BCUT2D eigenvalue weighted by atomic mass is 9.60. The highest BCUT2D eigenvalue weighted by molar-refractivity contribution is 9.11. The zero-order chi connectivity index (χ0) is 73.0. The molecule has 0 spiro atoms. The Balaban J connectivity index is 0.000000143. The van der Waals surface area contributed by atoms with Gasteiger partial charge in [-0.2, -0.15) is 0 Å². The van der Waals surface area contributed by atoms with Gasteiger partial charge in [0.15, 0.2) is 0 Å². The van der Waals surface area contributed by atoms with Crippen LogP contribution in [0.3, 0.4) is 0 Å². The van der Waals surface area contributed by atoms with Crippen LogP contribution in [0.4, 0.5) is 34.1 Å². The van der Waals surface area contributed by atoms with Gasteiger partial charge in [-0.3, -0.25) is 0 Å². The number of hydrogen-bond donors (Lipinski definition) is 0. The van der Waals surface area contributed by atoms with Crippen LogP contribution in [0.2, 0.25) is 0 Å². The SMILES string of the molecule is Brc1c2ccccc2c(Br)c2ccccc12.Cc1cc2c(cc1-c1c3ccccc3c(-c3cc4c(cc3C)N(c3ccccc3)C3(C)CCCCC43C)c3ccccc13)C1(C)CCCCC1(C)N2c1ccccc1.Cc1cc2c(cc1B1OC(C)(C)C(C)(C)O1)C1(C)CCCCC1(C)N2c1ccccc1. The van der Waals surface area contributed by atoms with Gasteiger partial charge < -0.3 is 24.0 Å². The van der Waals surface area contributed by atoms with Crippen molar-refractivity contribution < 1.29 is 9.31 Å². The first kappa shape index (κ1) is 70.0. The Morgan fingerprint density at radius 3 is 0.867 bits per heavy atom. The van der Waals surface area contributed by atoms with Crippen LogP contribution in [0, 0.1) is 20.8 Å². The zero-order valence-corrected chi connectivity index (χ0v) is 67.0. The molecule has 532 valence electrons. The molecule has 19 rings (SSSR count). The molecule has 0 N–H and O–H groups in total. The van der Waals surface area contributed by atoms with Crippen LogP contribution < -0.4 is 20.2 Å². The highest BCUT2D eigenvalue weighted by Crippen LogP contribution is 2.65. The fourth-order valence-corrected chi connectivity index (χ4v) is 22.5. The van der Waals surface area contributed by atoms with E-state index in [1.54, 1.807) is 0 Å². The summed E-state index contributed by atoms with van der Waals surface area (Å²) in [5.41, 5.74) is 22.7. The summed E-state index contributed by atoms with van der Waals surface area (Å²) in [5, 5.41) is 10.3. The molecule has 105 heavy (non-hydrogen) atoms. The van der Waals surface area contributed by atoms with Crippen molar-refractivity contribution in [3.63, 3.8) is 0 Å². The quantitative estimate of drug-likeness (QED) is 0.122. The lowest BCUT2D eigenvalue weighted by molar-refractivity contribution is 0.00578. The van der Waals surface area contributed by atoms with Crippen LogP contribution in [-0.2, 0) is 25.6 Å². The Morgan fingerprint density at radius 2 is 0.562 bits per heavy atom. The van der Waals surface area contributed by atoms with E-state index < -0.39 is 0 Å². The van der Waals surface area contributed by atoms with E-state index >= 15 is 0 Å². The van der Waals surface area contributed by atoms with Gasteiger partial charge in [0.05, 0.1) is 27.8 Å². The molecule has 4 aliphatic heterocycles. The molecule has 6 unspecified atom stereocenters. The topological polar surface area (TPSA) is 28.2 Å². The first-order valence-electron chi connectivity index (χ1n) is 38.9. The molecule has 6 atom stereocenters. The average molecular weight is 1510 g/mol. The molecular weight excluding hydrogens is 1410 g/mol. The standard InChI is InChI=1S/C56H56N2.C27H36BNO2.C14H8Br2/c1-37-33-49-47(53(3)29-17-19-31-55(53,5)57(49)39-21-9-7-10-22-39)35-45(37)51-41-25-13-15-27-43(41)52(44-28-16-14-26-42(44)51)46-36-48-50(34-38(46)2)58(40-23-11-8-12-24-40)56(6)32-20-18-30-54(48,56)4;1-19-17-23-21(18-22(19)28-30-24(2,3)25(4,5)31-28)26(6)15-11-12-16-27(26,7)29(23)20-13-9-8-10-14-20;15-13-9-5-1-2-6-10(9)14(16)12-8-4-3-7-11(12)13/h7-16,21-28,33-36H,17-20,29-32H2,1-6H3;8-10,13-14,17-18H,11-12,15-16H2,1-7H3;1-8H. The number of para-hydroxylation sites is 3. The van der Waals surface area contributed by atoms with E-state index in [0.717, 1.165) is 0 Å². The summed E-state index contributed by atoms with van der Waals surface area (Å²) in [6.45, 7) is 30.6. The summed E-state index contributed by atoms with van der Waals surface area (Å²) < 4.78 is 15.3. The highest BCUT2D eigenvalue weighted by Gasteiger charge is 2.61. The Bertz CT molecular complexity index is 5070. The maximum Gasteiger partial charge on any atom is 0.495 e. The molecule has 5 nitrogen and oxygen atoms in total. The predicted molar refractivity (Wildman–Crippen MR) is 454 cm³/mol. The van der Waals surface area contributed by atoms with Crippen LogP contribution in [-0.4, -0.2) is 34.9 Å². The fourth-order valence-electron chi connectivity index (χ4n) is 21.1. The largest absolute Gasteiger partial charge is 0.495 e. The molecule has 1 saturated heterocycles. The Hall–Kier alpha value is -7.98. The molecular formula is C97H100BBr2N3O2. The van der Waals surface area contributed by atoms with E-state index in [9.17, 15) is 0 Å². The maximum atomic E-state index is 6.46. The molecule has 12 aromatic rings. The monoisotopic (exact) mass is 1510 g/mol. The van der Waals surface area contributed by atoms with Gasteiger partial charge in [0, 0.05) is 59.3 Å². The van der Waals surface area contributed by atoms with Crippen LogP contribution in [0.5, 0.6) is 0 Å². The predicted octanol–water partition coefficient (Wildman–Crippen LogP) is 27.0. The fraction of sp³-hybridized carbons (Fsp3) is 0.340. The molecule has 3 saturated carbocycles. The maximum absolute atomic E-state index is 6.46. The molecule has 12 aromatic carbocycles. The van der Waals surface area contributed by atoms with Gasteiger partial charge in [-0.15, -0.1) is 0 Å². The van der Waals surface area contributed by atoms with Crippen LogP contribution in [0.25, 0.3) is 65.3 Å². The molecule has 0 radical (unpaired) electrons. The molecule has 0 bridgehead atoms. The molecule has 3 aliphatic carbocycles. The number of hydrogen-bond acceptors (Lipinski definition) is 5. The van der Waals surface area contributed by atoms with E-state index in [4.69, 9.17) is 9.31 Å². The van der Waals surface area contributed by atoms with Gasteiger partial charge >= 0.3 is 7.12 Å². The van der Waals surface area contributed by atoms with Crippen molar-refractivity contribution in [1.29, 1.82) is 0 Å². The second-order valence-corrected chi connectivity index (χ2v) is 35.8. The third kappa shape index (κ3) is 10.4. The van der Waals surface area contributed by atoms with Crippen molar-refractivity contribution in [2.24, 2.45) is 0 Å². The summed E-state index contributed by atoms with van der Waals surface area (Å²) in [5.74, 6) is 0. The first-order chi connectivity index (χ1) is 50.4. The minimum Gasteiger partial charge on any atom is -0.399 e. The van der Waals surface area contributed by atoms with Gasteiger partial charge in [-0.25, -0.2) is 0 Å². The minimum atomic E-state index is -0.331. The van der Waals surface area contributed by atoms with Gasteiger partial charge in [-0.1, -0.05) is 217 Å². The first-order valence-corrected chi connectivity index (χ1v) is 40.5. The van der Waals surface area contributed by atoms with Gasteiger partial charge in [0.1, 0.15) is 0 Å². The second kappa shape index (κ2) is 25.6. The lowest BCUT2D eigenvalue weighted by Crippen LogP contribution is -2.54. The number of fused-ring (bicyclic) bond motifs is 13. The number of rotatable bonds is 6. The van der Waals surface area contributed by atoms with Crippen LogP contribution in [0.15, 0.2) is 233 Å². The molecule has 8 heteroatoms. The number of nitrogens with zero attached hydrogens (tertiary/aromatic N) is 3. The van der Waals surface area contributed by atoms with Gasteiger partial charge in [-0.05, 0) is 311 Å². The number of benzene rings is 12. The van der Waals surface area contributed by atoms with Gasteiger partial charge in [0.25, 0.3) is 0 Å². The van der Waals surface area contributed by atoms with Crippen molar-refractivity contribution in [2.75, 3.05) is 14.7 Å². The third-order valence-electron chi connectivity index (χ3n) is 28.2. The molecule has 7 aliphatic rings. The minimum absolute atomic E-state index is 0.0141. The van der Waals surface area contributed by atoms with Crippen molar-refractivity contribution in [1.82, 2.24) is 0 Å². The summed E-state index contributed by atoms with van der Waals surface area (Å²) in [6.07, 6.45) is 14.9. The number of halogens is 2. The Morgan fingerprint density at radius 1 is 0.305 bits per heavy atom. The van der Waals surface area contributed by atoms with Crippen molar-refractivity contribution in [2.45, 2.75) is 211 Å². The summed E-state index contributed by atoms with van der Waals surface area (Å²) in [7, 11) is -0.320. The molecule has 4 heterocycles. The molecule has 0 aromatic heterocycles. The molecule has 0 amide bonds. The summed E-state index contributed by atoms with van der Waals surface area (Å²) >= 11 is 7.39. The van der Waals surface area contributed by atoms with E-state index in [2.05, 4.69) is 361 Å². The Labute approximate surface area is 641 Å². The van der Waals surface area contributed by atoms with E-state index in [1.807, 2.05) is 0 Å². The van der Waals surface area contributed by atoms with E-state index in [1.165, 1.54) is 224 Å². The van der Waals surface area contributed by atoms with Crippen molar-refractivity contribution in [3.8, 4) is 22.3 Å². The second-order valence-electron chi connectivity index (χ2n) is 34.2. The highest BCUT2D eigenvalue weighted by atomic mass is 79.9. The summed E-state index contributed by atoms with van der Waals surface area (Å²) in [4.78, 5) is 8.05. The number of aryl methyl sites for hydroxylation is 3. The van der Waals surface area contributed by atoms with Crippen molar-refractivity contribution >= 4 is 122 Å². The summed E-state index contributed by atoms with van der Waals surface area (Å²) in [6, 6.07) is 83.8.